The SMILES string of the molecule is Cc1[nH]ncc1C(C)Nc1ccc(F)cc1. The monoisotopic (exact) mass is 219 g/mol. The van der Waals surface area contributed by atoms with Crippen LogP contribution in [0.3, 0.4) is 0 Å². The number of rotatable bonds is 3. The molecule has 1 atom stereocenters. The van der Waals surface area contributed by atoms with E-state index in [9.17, 15) is 4.39 Å². The highest BCUT2D eigenvalue weighted by Crippen LogP contribution is 2.20. The molecule has 0 saturated heterocycles. The Balaban J connectivity index is 2.10. The number of nitrogens with one attached hydrogen (secondary N) is 2. The molecule has 3 nitrogen and oxygen atoms in total. The standard InChI is InChI=1S/C12H14FN3/c1-8(12-7-14-16-9(12)2)15-11-5-3-10(13)4-6-11/h3-8,15H,1-2H3,(H,14,16). The number of H-pyrrole nitrogens is 1. The van der Waals surface area contributed by atoms with Gasteiger partial charge in [-0.15, -0.1) is 0 Å². The number of hydrogen-bond acceptors (Lipinski definition) is 2. The maximum absolute atomic E-state index is 12.7. The zero-order valence-corrected chi connectivity index (χ0v) is 9.29. The van der Waals surface area contributed by atoms with Crippen molar-refractivity contribution in [1.82, 2.24) is 10.2 Å². The van der Waals surface area contributed by atoms with Crippen molar-refractivity contribution in [3.8, 4) is 0 Å². The predicted molar refractivity (Wildman–Crippen MR) is 61.8 cm³/mol. The summed E-state index contributed by atoms with van der Waals surface area (Å²) in [5, 5.41) is 10.2. The number of hydrogen-bond donors (Lipinski definition) is 2. The van der Waals surface area contributed by atoms with Crippen molar-refractivity contribution >= 4 is 5.69 Å². The third-order valence-electron chi connectivity index (χ3n) is 2.56. The van der Waals surface area contributed by atoms with Crippen LogP contribution in [0.4, 0.5) is 10.1 Å². The fraction of sp³-hybridized carbons (Fsp3) is 0.250. The molecule has 84 valence electrons. The Hall–Kier alpha value is -1.84. The van der Waals surface area contributed by atoms with Crippen LogP contribution in [-0.4, -0.2) is 10.2 Å². The molecule has 0 bridgehead atoms. The summed E-state index contributed by atoms with van der Waals surface area (Å²) in [5.41, 5.74) is 3.06. The first-order chi connectivity index (χ1) is 7.66. The van der Waals surface area contributed by atoms with Crippen LogP contribution in [0.15, 0.2) is 30.5 Å². The molecule has 0 aliphatic heterocycles. The molecule has 0 radical (unpaired) electrons. The molecular formula is C12H14FN3. The Morgan fingerprint density at radius 3 is 2.56 bits per heavy atom. The second-order valence-electron chi connectivity index (χ2n) is 3.82. The normalized spacial score (nSPS) is 12.4. The average molecular weight is 219 g/mol. The lowest BCUT2D eigenvalue weighted by molar-refractivity contribution is 0.628. The number of anilines is 1. The minimum absolute atomic E-state index is 0.143. The lowest BCUT2D eigenvalue weighted by atomic mass is 10.1. The van der Waals surface area contributed by atoms with Crippen LogP contribution in [0, 0.1) is 12.7 Å². The second kappa shape index (κ2) is 4.35. The highest BCUT2D eigenvalue weighted by molar-refractivity contribution is 5.45. The van der Waals surface area contributed by atoms with Crippen molar-refractivity contribution in [2.45, 2.75) is 19.9 Å². The van der Waals surface area contributed by atoms with Crippen LogP contribution >= 0.6 is 0 Å². The smallest absolute Gasteiger partial charge is 0.123 e. The fourth-order valence-electron chi connectivity index (χ4n) is 1.67. The average Bonchev–Trinajstić information content (AvgIpc) is 2.68. The summed E-state index contributed by atoms with van der Waals surface area (Å²) in [6.07, 6.45) is 1.80. The maximum atomic E-state index is 12.7. The first-order valence-corrected chi connectivity index (χ1v) is 5.19. The Morgan fingerprint density at radius 1 is 1.31 bits per heavy atom. The Bertz CT molecular complexity index is 461. The van der Waals surface area contributed by atoms with Crippen molar-refractivity contribution in [1.29, 1.82) is 0 Å². The fourth-order valence-corrected chi connectivity index (χ4v) is 1.67. The van der Waals surface area contributed by atoms with Crippen LogP contribution in [0.1, 0.15) is 24.2 Å². The minimum Gasteiger partial charge on any atom is -0.378 e. The van der Waals surface area contributed by atoms with Crippen molar-refractivity contribution < 1.29 is 4.39 Å². The van der Waals surface area contributed by atoms with Crippen molar-refractivity contribution in [2.75, 3.05) is 5.32 Å². The number of aromatic amines is 1. The van der Waals surface area contributed by atoms with E-state index in [0.717, 1.165) is 16.9 Å². The van der Waals surface area contributed by atoms with Gasteiger partial charge in [-0.05, 0) is 38.1 Å². The van der Waals surface area contributed by atoms with Gasteiger partial charge < -0.3 is 5.32 Å². The lowest BCUT2D eigenvalue weighted by Crippen LogP contribution is -2.06. The topological polar surface area (TPSA) is 40.7 Å². The van der Waals surface area contributed by atoms with Crippen LogP contribution < -0.4 is 5.32 Å². The Morgan fingerprint density at radius 2 is 2.00 bits per heavy atom. The number of benzene rings is 1. The van der Waals surface area contributed by atoms with Crippen LogP contribution in [0.2, 0.25) is 0 Å². The van der Waals surface area contributed by atoms with Gasteiger partial charge in [0.1, 0.15) is 5.82 Å². The molecule has 4 heteroatoms. The van der Waals surface area contributed by atoms with E-state index in [4.69, 9.17) is 0 Å². The molecule has 0 aliphatic carbocycles. The molecule has 2 rings (SSSR count). The van der Waals surface area contributed by atoms with E-state index >= 15 is 0 Å². The van der Waals surface area contributed by atoms with Crippen molar-refractivity contribution in [2.24, 2.45) is 0 Å². The minimum atomic E-state index is -0.224. The number of aryl methyl sites for hydroxylation is 1. The van der Waals surface area contributed by atoms with Gasteiger partial charge in [0.05, 0.1) is 12.2 Å². The summed E-state index contributed by atoms with van der Waals surface area (Å²) >= 11 is 0. The van der Waals surface area contributed by atoms with Gasteiger partial charge in [-0.2, -0.15) is 5.10 Å². The van der Waals surface area contributed by atoms with E-state index in [1.54, 1.807) is 18.3 Å². The molecule has 0 fully saturated rings. The van der Waals surface area contributed by atoms with E-state index in [1.807, 2.05) is 13.8 Å². The van der Waals surface area contributed by atoms with Gasteiger partial charge in [-0.1, -0.05) is 0 Å². The zero-order valence-electron chi connectivity index (χ0n) is 9.29. The quantitative estimate of drug-likeness (QED) is 0.833. The summed E-state index contributed by atoms with van der Waals surface area (Å²) in [6, 6.07) is 6.47. The largest absolute Gasteiger partial charge is 0.378 e. The third kappa shape index (κ3) is 2.21. The summed E-state index contributed by atoms with van der Waals surface area (Å²) in [6.45, 7) is 4.02. The molecule has 0 aliphatic rings. The number of aromatic nitrogens is 2. The van der Waals surface area contributed by atoms with E-state index < -0.39 is 0 Å². The highest BCUT2D eigenvalue weighted by Gasteiger charge is 2.09. The van der Waals surface area contributed by atoms with Crippen molar-refractivity contribution in [3.05, 3.63) is 47.5 Å². The molecule has 2 N–H and O–H groups in total. The van der Waals surface area contributed by atoms with Gasteiger partial charge in [0.25, 0.3) is 0 Å². The summed E-state index contributed by atoms with van der Waals surface area (Å²) in [4.78, 5) is 0. The van der Waals surface area contributed by atoms with E-state index in [1.165, 1.54) is 12.1 Å². The Kier molecular flexibility index (Phi) is 2.90. The van der Waals surface area contributed by atoms with Gasteiger partial charge in [-0.25, -0.2) is 4.39 Å². The molecular weight excluding hydrogens is 205 g/mol. The summed E-state index contributed by atoms with van der Waals surface area (Å²) in [7, 11) is 0. The van der Waals surface area contributed by atoms with Gasteiger partial charge in [0, 0.05) is 16.9 Å². The first-order valence-electron chi connectivity index (χ1n) is 5.19. The van der Waals surface area contributed by atoms with Gasteiger partial charge in [0.2, 0.25) is 0 Å². The second-order valence-corrected chi connectivity index (χ2v) is 3.82. The van der Waals surface area contributed by atoms with Gasteiger partial charge >= 0.3 is 0 Å². The highest BCUT2D eigenvalue weighted by atomic mass is 19.1. The van der Waals surface area contributed by atoms with Crippen LogP contribution in [0.25, 0.3) is 0 Å². The molecule has 0 saturated carbocycles. The molecule has 16 heavy (non-hydrogen) atoms. The van der Waals surface area contributed by atoms with E-state index in [0.29, 0.717) is 0 Å². The van der Waals surface area contributed by atoms with Crippen LogP contribution in [0.5, 0.6) is 0 Å². The van der Waals surface area contributed by atoms with Crippen LogP contribution in [-0.2, 0) is 0 Å². The molecule has 1 heterocycles. The first kappa shape index (κ1) is 10.7. The van der Waals surface area contributed by atoms with Gasteiger partial charge in [0.15, 0.2) is 0 Å². The number of halogens is 1. The summed E-state index contributed by atoms with van der Waals surface area (Å²) in [5.74, 6) is -0.224. The third-order valence-corrected chi connectivity index (χ3v) is 2.56. The molecule has 0 amide bonds. The maximum Gasteiger partial charge on any atom is 0.123 e. The molecule has 2 aromatic rings. The molecule has 1 unspecified atom stereocenters. The summed E-state index contributed by atoms with van der Waals surface area (Å²) < 4.78 is 12.7. The van der Waals surface area contributed by atoms with Crippen molar-refractivity contribution in [3.63, 3.8) is 0 Å². The zero-order chi connectivity index (χ0) is 11.5. The molecule has 0 spiro atoms. The Labute approximate surface area is 93.7 Å². The van der Waals surface area contributed by atoms with E-state index in [2.05, 4.69) is 15.5 Å². The molecule has 1 aromatic heterocycles. The predicted octanol–water partition coefficient (Wildman–Crippen LogP) is 3.03. The van der Waals surface area contributed by atoms with E-state index in [-0.39, 0.29) is 11.9 Å². The van der Waals surface area contributed by atoms with Gasteiger partial charge in [-0.3, -0.25) is 5.10 Å². The number of nitrogens with zero attached hydrogens (tertiary/aromatic N) is 1. The molecule has 1 aromatic carbocycles. The lowest BCUT2D eigenvalue weighted by Gasteiger charge is -2.14.